The van der Waals surface area contributed by atoms with E-state index in [4.69, 9.17) is 5.73 Å². The standard InChI is InChI=1S/C12H21N5O/c1-3-4-9(6-18)5-17-7-14-10-8(2)15-12(13)16-11(10)17/h7-9,18H,3-6H2,1-2H3,(H3,13,15,16)/t8?,9-/m1/s1. The maximum atomic E-state index is 9.36. The van der Waals surface area contributed by atoms with Crippen molar-refractivity contribution in [3.63, 3.8) is 0 Å². The zero-order chi connectivity index (χ0) is 13.1. The monoisotopic (exact) mass is 251 g/mol. The van der Waals surface area contributed by atoms with E-state index in [0.717, 1.165) is 30.9 Å². The second-order valence-electron chi connectivity index (χ2n) is 4.78. The molecule has 0 radical (unpaired) electrons. The zero-order valence-corrected chi connectivity index (χ0v) is 10.9. The van der Waals surface area contributed by atoms with Crippen molar-refractivity contribution in [1.29, 1.82) is 0 Å². The molecule has 0 saturated heterocycles. The van der Waals surface area contributed by atoms with Crippen molar-refractivity contribution in [3.05, 3.63) is 12.0 Å². The van der Waals surface area contributed by atoms with E-state index in [1.165, 1.54) is 0 Å². The Bertz CT molecular complexity index is 440. The van der Waals surface area contributed by atoms with Gasteiger partial charge >= 0.3 is 0 Å². The summed E-state index contributed by atoms with van der Waals surface area (Å²) in [6, 6.07) is -0.0127. The lowest BCUT2D eigenvalue weighted by Gasteiger charge is -2.20. The number of nitrogens with zero attached hydrogens (tertiary/aromatic N) is 3. The first-order valence-electron chi connectivity index (χ1n) is 6.41. The molecule has 1 aromatic rings. The first-order chi connectivity index (χ1) is 8.65. The van der Waals surface area contributed by atoms with Crippen LogP contribution in [0.4, 0.5) is 5.82 Å². The van der Waals surface area contributed by atoms with Crippen LogP contribution in [0.2, 0.25) is 0 Å². The van der Waals surface area contributed by atoms with E-state index in [1.54, 1.807) is 6.33 Å². The molecular weight excluding hydrogens is 230 g/mol. The number of fused-ring (bicyclic) bond motifs is 1. The Morgan fingerprint density at radius 1 is 1.61 bits per heavy atom. The van der Waals surface area contributed by atoms with Gasteiger partial charge in [-0.25, -0.2) is 9.98 Å². The molecule has 1 aliphatic heterocycles. The van der Waals surface area contributed by atoms with Crippen LogP contribution in [-0.2, 0) is 6.54 Å². The first-order valence-corrected chi connectivity index (χ1v) is 6.41. The van der Waals surface area contributed by atoms with E-state index in [0.29, 0.717) is 5.96 Å². The molecule has 6 heteroatoms. The summed E-state index contributed by atoms with van der Waals surface area (Å²) in [7, 11) is 0. The highest BCUT2D eigenvalue weighted by Crippen LogP contribution is 2.28. The van der Waals surface area contributed by atoms with Crippen molar-refractivity contribution in [2.75, 3.05) is 11.9 Å². The number of aliphatic hydroxyl groups excluding tert-OH is 1. The average molecular weight is 251 g/mol. The van der Waals surface area contributed by atoms with Crippen molar-refractivity contribution in [3.8, 4) is 0 Å². The quantitative estimate of drug-likeness (QED) is 0.731. The van der Waals surface area contributed by atoms with Crippen LogP contribution in [0.5, 0.6) is 0 Å². The molecule has 100 valence electrons. The van der Waals surface area contributed by atoms with Crippen LogP contribution in [0.1, 0.15) is 38.4 Å². The molecule has 6 nitrogen and oxygen atoms in total. The van der Waals surface area contributed by atoms with Crippen molar-refractivity contribution in [1.82, 2.24) is 9.55 Å². The number of aromatic nitrogens is 2. The number of aliphatic imine (C=N–C) groups is 1. The third-order valence-corrected chi connectivity index (χ3v) is 3.25. The highest BCUT2D eigenvalue weighted by atomic mass is 16.3. The number of imidazole rings is 1. The van der Waals surface area contributed by atoms with E-state index in [9.17, 15) is 5.11 Å². The van der Waals surface area contributed by atoms with Crippen LogP contribution in [0, 0.1) is 5.92 Å². The van der Waals surface area contributed by atoms with Gasteiger partial charge in [0.25, 0.3) is 0 Å². The molecule has 1 unspecified atom stereocenters. The Hall–Kier alpha value is -1.56. The minimum Gasteiger partial charge on any atom is -0.396 e. The second-order valence-corrected chi connectivity index (χ2v) is 4.78. The molecule has 0 bridgehead atoms. The minimum atomic E-state index is -0.0127. The summed E-state index contributed by atoms with van der Waals surface area (Å²) < 4.78 is 2.02. The van der Waals surface area contributed by atoms with Gasteiger partial charge in [-0.05, 0) is 13.3 Å². The molecular formula is C12H21N5O. The summed E-state index contributed by atoms with van der Waals surface area (Å²) >= 11 is 0. The van der Waals surface area contributed by atoms with Crippen LogP contribution >= 0.6 is 0 Å². The van der Waals surface area contributed by atoms with Gasteiger partial charge in [-0.2, -0.15) is 0 Å². The summed E-state index contributed by atoms with van der Waals surface area (Å²) in [6.45, 7) is 5.04. The SMILES string of the molecule is CCC[C@@H](CO)Cn1cnc2c1NC(N)=NC2C. The number of nitrogens with one attached hydrogen (secondary N) is 1. The van der Waals surface area contributed by atoms with Crippen molar-refractivity contribution >= 4 is 11.8 Å². The van der Waals surface area contributed by atoms with Crippen LogP contribution in [0.3, 0.4) is 0 Å². The van der Waals surface area contributed by atoms with E-state index in [1.807, 2.05) is 11.5 Å². The minimum absolute atomic E-state index is 0.0127. The first kappa shape index (κ1) is 12.9. The number of guanidine groups is 1. The van der Waals surface area contributed by atoms with Gasteiger partial charge in [-0.1, -0.05) is 13.3 Å². The molecule has 0 aromatic carbocycles. The summed E-state index contributed by atoms with van der Waals surface area (Å²) in [4.78, 5) is 8.61. The number of nitrogens with two attached hydrogens (primary N) is 1. The third kappa shape index (κ3) is 2.48. The van der Waals surface area contributed by atoms with Crippen LogP contribution in [0.15, 0.2) is 11.3 Å². The van der Waals surface area contributed by atoms with Crippen LogP contribution in [-0.4, -0.2) is 27.2 Å². The summed E-state index contributed by atoms with van der Waals surface area (Å²) in [6.07, 6.45) is 3.86. The Labute approximate surface area is 107 Å². The molecule has 4 N–H and O–H groups in total. The lowest BCUT2D eigenvalue weighted by Crippen LogP contribution is -2.29. The van der Waals surface area contributed by atoms with E-state index in [2.05, 4.69) is 22.2 Å². The highest BCUT2D eigenvalue weighted by Gasteiger charge is 2.22. The fraction of sp³-hybridized carbons (Fsp3) is 0.667. The van der Waals surface area contributed by atoms with Gasteiger partial charge in [0, 0.05) is 19.1 Å². The number of anilines is 1. The van der Waals surface area contributed by atoms with Crippen LogP contribution < -0.4 is 11.1 Å². The van der Waals surface area contributed by atoms with Crippen molar-refractivity contribution in [2.24, 2.45) is 16.6 Å². The fourth-order valence-corrected chi connectivity index (χ4v) is 2.33. The molecule has 0 fully saturated rings. The maximum Gasteiger partial charge on any atom is 0.194 e. The molecule has 2 rings (SSSR count). The lowest BCUT2D eigenvalue weighted by molar-refractivity contribution is 0.202. The number of hydrogen-bond acceptors (Lipinski definition) is 5. The molecule has 0 aliphatic carbocycles. The van der Waals surface area contributed by atoms with E-state index >= 15 is 0 Å². The van der Waals surface area contributed by atoms with Gasteiger partial charge < -0.3 is 20.7 Å². The molecule has 18 heavy (non-hydrogen) atoms. The summed E-state index contributed by atoms with van der Waals surface area (Å²) in [5.74, 6) is 1.59. The molecule has 0 spiro atoms. The lowest BCUT2D eigenvalue weighted by atomic mass is 10.1. The third-order valence-electron chi connectivity index (χ3n) is 3.25. The largest absolute Gasteiger partial charge is 0.396 e. The number of hydrogen-bond donors (Lipinski definition) is 3. The molecule has 2 atom stereocenters. The highest BCUT2D eigenvalue weighted by molar-refractivity contribution is 5.93. The Morgan fingerprint density at radius 3 is 3.06 bits per heavy atom. The molecule has 0 amide bonds. The van der Waals surface area contributed by atoms with Crippen molar-refractivity contribution in [2.45, 2.75) is 39.3 Å². The predicted octanol–water partition coefficient (Wildman–Crippen LogP) is 1.09. The predicted molar refractivity (Wildman–Crippen MR) is 71.4 cm³/mol. The Balaban J connectivity index is 2.17. The summed E-state index contributed by atoms with van der Waals surface area (Å²) in [5.41, 5.74) is 6.65. The number of rotatable bonds is 5. The topological polar surface area (TPSA) is 88.5 Å². The molecule has 1 aromatic heterocycles. The Kier molecular flexibility index (Phi) is 3.86. The van der Waals surface area contributed by atoms with Crippen LogP contribution in [0.25, 0.3) is 0 Å². The van der Waals surface area contributed by atoms with Gasteiger partial charge in [0.05, 0.1) is 12.4 Å². The smallest absolute Gasteiger partial charge is 0.194 e. The normalized spacial score (nSPS) is 19.9. The Morgan fingerprint density at radius 2 is 2.39 bits per heavy atom. The van der Waals surface area contributed by atoms with Gasteiger partial charge in [-0.15, -0.1) is 0 Å². The van der Waals surface area contributed by atoms with Gasteiger partial charge in [0.15, 0.2) is 5.96 Å². The zero-order valence-electron chi connectivity index (χ0n) is 10.9. The number of aliphatic hydroxyl groups is 1. The summed E-state index contributed by atoms with van der Waals surface area (Å²) in [5, 5.41) is 12.4. The van der Waals surface area contributed by atoms with E-state index in [-0.39, 0.29) is 18.6 Å². The fourth-order valence-electron chi connectivity index (χ4n) is 2.33. The average Bonchev–Trinajstić information content (AvgIpc) is 2.72. The van der Waals surface area contributed by atoms with Gasteiger partial charge in [-0.3, -0.25) is 0 Å². The molecule has 0 saturated carbocycles. The second kappa shape index (κ2) is 5.39. The van der Waals surface area contributed by atoms with Crippen molar-refractivity contribution < 1.29 is 5.11 Å². The molecule has 1 aliphatic rings. The van der Waals surface area contributed by atoms with Gasteiger partial charge in [0.1, 0.15) is 11.5 Å². The maximum absolute atomic E-state index is 9.36. The van der Waals surface area contributed by atoms with E-state index < -0.39 is 0 Å². The van der Waals surface area contributed by atoms with Gasteiger partial charge in [0.2, 0.25) is 0 Å². The molecule has 2 heterocycles.